The highest BCUT2D eigenvalue weighted by Gasteiger charge is 2.62. The lowest BCUT2D eigenvalue weighted by atomic mass is 9.85. The molecule has 16 nitrogen and oxygen atoms in total. The van der Waals surface area contributed by atoms with Crippen molar-refractivity contribution in [2.75, 3.05) is 13.7 Å². The lowest BCUT2D eigenvalue weighted by Crippen LogP contribution is -2.60. The molecule has 0 spiro atoms. The minimum Gasteiger partial charge on any atom is -0.497 e. The van der Waals surface area contributed by atoms with Crippen LogP contribution in [0.4, 0.5) is 4.79 Å². The van der Waals surface area contributed by atoms with Crippen molar-refractivity contribution in [1.82, 2.24) is 40.2 Å². The van der Waals surface area contributed by atoms with Gasteiger partial charge in [0.05, 0.1) is 18.4 Å². The number of sulfonamides is 1. The molecule has 3 aromatic rings. The molecular formula is C36H44N8O8S2. The fraction of sp³-hybridized carbons (Fsp3) is 0.528. The molecule has 7 rings (SSSR count). The number of hydrogen-bond acceptors (Lipinski definition) is 12. The van der Waals surface area contributed by atoms with Crippen molar-refractivity contribution >= 4 is 45.2 Å². The van der Waals surface area contributed by atoms with E-state index >= 15 is 0 Å². The third kappa shape index (κ3) is 7.58. The highest BCUT2D eigenvalue weighted by atomic mass is 32.2. The zero-order valence-electron chi connectivity index (χ0n) is 30.5. The van der Waals surface area contributed by atoms with E-state index in [-0.39, 0.29) is 25.5 Å². The monoisotopic (exact) mass is 780 g/mol. The van der Waals surface area contributed by atoms with Crippen LogP contribution in [0.25, 0.3) is 22.0 Å². The Hall–Kier alpha value is -4.84. The van der Waals surface area contributed by atoms with Crippen molar-refractivity contribution in [2.24, 2.45) is 11.3 Å². The number of methoxy groups -OCH3 is 1. The number of thiazole rings is 1. The number of aromatic nitrogens is 4. The summed E-state index contributed by atoms with van der Waals surface area (Å²) in [7, 11) is -2.33. The summed E-state index contributed by atoms with van der Waals surface area (Å²) in [6.45, 7) is 9.16. The van der Waals surface area contributed by atoms with Crippen molar-refractivity contribution in [1.29, 1.82) is 0 Å². The van der Waals surface area contributed by atoms with E-state index in [4.69, 9.17) is 19.7 Å². The average Bonchev–Trinajstić information content (AvgIpc) is 4.09. The lowest BCUT2D eigenvalue weighted by Gasteiger charge is -2.35. The number of nitrogens with one attached hydrogen (secondary N) is 3. The van der Waals surface area contributed by atoms with Gasteiger partial charge in [0.1, 0.15) is 45.9 Å². The molecule has 4 fully saturated rings. The van der Waals surface area contributed by atoms with Crippen LogP contribution in [-0.2, 0) is 29.1 Å². The van der Waals surface area contributed by atoms with Gasteiger partial charge in [-0.1, -0.05) is 26.8 Å². The Kier molecular flexibility index (Phi) is 9.78. The van der Waals surface area contributed by atoms with Crippen LogP contribution in [0.3, 0.4) is 0 Å². The fourth-order valence-electron chi connectivity index (χ4n) is 6.71. The summed E-state index contributed by atoms with van der Waals surface area (Å²) in [5.41, 5.74) is -0.568. The Bertz CT molecular complexity index is 2050. The Morgan fingerprint density at radius 1 is 1.07 bits per heavy atom. The second kappa shape index (κ2) is 14.1. The molecule has 2 aromatic heterocycles. The lowest BCUT2D eigenvalue weighted by molar-refractivity contribution is -0.142. The number of nitrogens with zero attached hydrogens (tertiary/aromatic N) is 5. The molecule has 3 aliphatic carbocycles. The molecule has 0 radical (unpaired) electrons. The normalized spacial score (nSPS) is 24.3. The van der Waals surface area contributed by atoms with Crippen LogP contribution < -0.4 is 20.1 Å². The Morgan fingerprint density at radius 3 is 2.35 bits per heavy atom. The molecule has 288 valence electrons. The average molecular weight is 781 g/mol. The third-order valence-corrected chi connectivity index (χ3v) is 12.8. The van der Waals surface area contributed by atoms with Gasteiger partial charge in [-0.3, -0.25) is 19.1 Å². The topological polar surface area (TPSA) is 204 Å². The largest absolute Gasteiger partial charge is 0.497 e. The van der Waals surface area contributed by atoms with Crippen LogP contribution in [0.1, 0.15) is 65.3 Å². The molecule has 3 heterocycles. The Morgan fingerprint density at radius 2 is 1.78 bits per heavy atom. The second-order valence-corrected chi connectivity index (χ2v) is 18.3. The van der Waals surface area contributed by atoms with Gasteiger partial charge in [0.2, 0.25) is 21.8 Å². The van der Waals surface area contributed by atoms with Crippen LogP contribution in [-0.4, -0.2) is 99.7 Å². The van der Waals surface area contributed by atoms with Crippen LogP contribution in [0.2, 0.25) is 0 Å². The number of likely N-dealkylation sites (tertiary alicyclic amines) is 1. The predicted molar refractivity (Wildman–Crippen MR) is 197 cm³/mol. The summed E-state index contributed by atoms with van der Waals surface area (Å²) in [6.07, 6.45) is 4.83. The van der Waals surface area contributed by atoms with Crippen LogP contribution in [0.15, 0.2) is 48.5 Å². The summed E-state index contributed by atoms with van der Waals surface area (Å²) < 4.78 is 38.4. The van der Waals surface area contributed by atoms with E-state index in [0.717, 1.165) is 18.4 Å². The maximum Gasteiger partial charge on any atom is 0.408 e. The van der Waals surface area contributed by atoms with Gasteiger partial charge in [0.15, 0.2) is 0 Å². The molecule has 1 saturated heterocycles. The summed E-state index contributed by atoms with van der Waals surface area (Å²) in [4.78, 5) is 62.8. The standard InChI is InChI=1S/C36H44N8O8S2/c1-6-21-18-36(21,33(47)42-54(49,50)25-13-14-25)39-30(45)26-17-22(19-43(26)32(46)29(35(2,3)4)38-34(48)52-24-11-12-24)44-40-27(20-7-9-23(51-5)10-8-20)28(41-44)31-37-15-16-53-31/h6-10,15-16,21-22,24-26,29H,1,11-14,17-19H2,2-5H3,(H,38,48)(H,39,45)(H,42,47)/t21-,22-,26+,29+,36+/m1/s1. The van der Waals surface area contributed by atoms with Crippen molar-refractivity contribution in [2.45, 2.75) is 94.3 Å². The number of ether oxygens (including phenoxy) is 2. The minimum absolute atomic E-state index is 0.0168. The molecule has 4 aliphatic rings. The molecular weight excluding hydrogens is 737 g/mol. The molecule has 0 bridgehead atoms. The van der Waals surface area contributed by atoms with E-state index in [9.17, 15) is 27.6 Å². The van der Waals surface area contributed by atoms with Crippen LogP contribution >= 0.6 is 11.3 Å². The number of alkyl carbamates (subject to hydrolysis) is 1. The van der Waals surface area contributed by atoms with E-state index in [0.29, 0.717) is 35.0 Å². The van der Waals surface area contributed by atoms with Crippen molar-refractivity contribution < 1.29 is 37.1 Å². The first-order valence-corrected chi connectivity index (χ1v) is 20.4. The maximum absolute atomic E-state index is 14.6. The predicted octanol–water partition coefficient (Wildman–Crippen LogP) is 3.19. The quantitative estimate of drug-likeness (QED) is 0.215. The smallest absolute Gasteiger partial charge is 0.408 e. The first-order chi connectivity index (χ1) is 25.6. The zero-order chi connectivity index (χ0) is 38.6. The molecule has 3 N–H and O–H groups in total. The highest BCUT2D eigenvalue weighted by Crippen LogP contribution is 2.46. The van der Waals surface area contributed by atoms with Crippen molar-refractivity contribution in [3.05, 3.63) is 48.5 Å². The first kappa shape index (κ1) is 37.5. The summed E-state index contributed by atoms with van der Waals surface area (Å²) >= 11 is 1.39. The second-order valence-electron chi connectivity index (χ2n) is 15.4. The van der Waals surface area contributed by atoms with Gasteiger partial charge >= 0.3 is 6.09 Å². The van der Waals surface area contributed by atoms with E-state index in [1.54, 1.807) is 46.2 Å². The van der Waals surface area contributed by atoms with Gasteiger partial charge in [0, 0.05) is 36.0 Å². The van der Waals surface area contributed by atoms with Crippen molar-refractivity contribution in [3.63, 3.8) is 0 Å². The van der Waals surface area contributed by atoms with Gasteiger partial charge in [-0.05, 0) is 61.8 Å². The van der Waals surface area contributed by atoms with Gasteiger partial charge in [-0.15, -0.1) is 23.0 Å². The van der Waals surface area contributed by atoms with Gasteiger partial charge in [0.25, 0.3) is 5.91 Å². The van der Waals surface area contributed by atoms with E-state index in [2.05, 4.69) is 26.9 Å². The molecule has 1 aromatic carbocycles. The van der Waals surface area contributed by atoms with E-state index < -0.39 is 74.1 Å². The number of amides is 4. The summed E-state index contributed by atoms with van der Waals surface area (Å²) in [5, 5.41) is 17.1. The van der Waals surface area contributed by atoms with Crippen LogP contribution in [0.5, 0.6) is 5.75 Å². The number of benzene rings is 1. The number of hydrogen-bond donors (Lipinski definition) is 3. The number of carbonyl (C=O) groups excluding carboxylic acids is 4. The SMILES string of the molecule is C=C[C@@H]1C[C@@]1(NC(=O)[C@@H]1C[C@@H](n2nc(-c3ccc(OC)cc3)c(-c3nccs3)n2)CN1C(=O)[C@H](NC(=O)OC1CC1)C(C)(C)C)C(=O)NS(=O)(=O)C1CC1. The maximum atomic E-state index is 14.6. The van der Waals surface area contributed by atoms with Crippen molar-refractivity contribution in [3.8, 4) is 27.7 Å². The van der Waals surface area contributed by atoms with Gasteiger partial charge in [-0.2, -0.15) is 9.90 Å². The molecule has 18 heteroatoms. The highest BCUT2D eigenvalue weighted by molar-refractivity contribution is 7.91. The molecule has 5 atom stereocenters. The zero-order valence-corrected chi connectivity index (χ0v) is 32.1. The third-order valence-electron chi connectivity index (χ3n) is 10.2. The van der Waals surface area contributed by atoms with E-state index in [1.807, 2.05) is 17.5 Å². The molecule has 54 heavy (non-hydrogen) atoms. The fourth-order valence-corrected chi connectivity index (χ4v) is 8.69. The first-order valence-electron chi connectivity index (χ1n) is 17.9. The Balaban J connectivity index is 1.22. The molecule has 4 amide bonds. The number of carbonyl (C=O) groups is 4. The van der Waals surface area contributed by atoms with Crippen LogP contribution in [0, 0.1) is 11.3 Å². The number of rotatable bonds is 13. The molecule has 0 unspecified atom stereocenters. The van der Waals surface area contributed by atoms with Gasteiger partial charge in [-0.25, -0.2) is 18.2 Å². The molecule has 3 saturated carbocycles. The Labute approximate surface area is 317 Å². The summed E-state index contributed by atoms with van der Waals surface area (Å²) in [5.74, 6) is -1.91. The summed E-state index contributed by atoms with van der Waals surface area (Å²) in [6, 6.07) is 4.45. The molecule has 1 aliphatic heterocycles. The van der Waals surface area contributed by atoms with Gasteiger partial charge < -0.3 is 25.0 Å². The van der Waals surface area contributed by atoms with E-state index in [1.165, 1.54) is 27.1 Å². The minimum atomic E-state index is -3.91.